The highest BCUT2D eigenvalue weighted by Crippen LogP contribution is 2.38. The minimum atomic E-state index is 0.0845. The van der Waals surface area contributed by atoms with Crippen molar-refractivity contribution in [3.05, 3.63) is 66.0 Å². The zero-order chi connectivity index (χ0) is 13.1. The number of nitrogens with zero attached hydrogens (tertiary/aromatic N) is 2. The van der Waals surface area contributed by atoms with Gasteiger partial charge in [0.25, 0.3) is 5.91 Å². The fourth-order valence-corrected chi connectivity index (χ4v) is 3.49. The van der Waals surface area contributed by atoms with Gasteiger partial charge in [0.05, 0.1) is 0 Å². The van der Waals surface area contributed by atoms with Crippen LogP contribution in [0.5, 0.6) is 0 Å². The predicted molar refractivity (Wildman–Crippen MR) is 76.9 cm³/mol. The van der Waals surface area contributed by atoms with E-state index in [1.807, 2.05) is 34.9 Å². The number of hydrogen-bond acceptors (Lipinski definition) is 3. The van der Waals surface area contributed by atoms with Crippen molar-refractivity contribution in [1.82, 2.24) is 9.88 Å². The van der Waals surface area contributed by atoms with Gasteiger partial charge in [-0.1, -0.05) is 30.3 Å². The molecular weight excluding hydrogens is 256 g/mol. The van der Waals surface area contributed by atoms with Crippen LogP contribution >= 0.6 is 11.8 Å². The standard InChI is InChI=1S/C15H14N2OS/c18-14(12-6-8-16-9-7-12)17-10-11-19-15(17)13-4-2-1-3-5-13/h1-9,15H,10-11H2. The average molecular weight is 270 g/mol. The Bertz CT molecular complexity index is 559. The third-order valence-electron chi connectivity index (χ3n) is 3.16. The van der Waals surface area contributed by atoms with Gasteiger partial charge in [0.1, 0.15) is 5.37 Å². The molecule has 0 spiro atoms. The van der Waals surface area contributed by atoms with E-state index in [-0.39, 0.29) is 11.3 Å². The van der Waals surface area contributed by atoms with Crippen molar-refractivity contribution in [1.29, 1.82) is 0 Å². The van der Waals surface area contributed by atoms with Crippen LogP contribution in [0, 0.1) is 0 Å². The minimum absolute atomic E-state index is 0.0845. The summed E-state index contributed by atoms with van der Waals surface area (Å²) >= 11 is 1.82. The van der Waals surface area contributed by atoms with Crippen LogP contribution in [0.4, 0.5) is 0 Å². The van der Waals surface area contributed by atoms with Crippen molar-refractivity contribution in [3.8, 4) is 0 Å². The number of pyridine rings is 1. The Morgan fingerprint density at radius 2 is 1.89 bits per heavy atom. The van der Waals surface area contributed by atoms with E-state index in [0.717, 1.165) is 12.3 Å². The van der Waals surface area contributed by atoms with Gasteiger partial charge < -0.3 is 4.90 Å². The van der Waals surface area contributed by atoms with Gasteiger partial charge in [-0.2, -0.15) is 0 Å². The van der Waals surface area contributed by atoms with E-state index in [1.54, 1.807) is 24.5 Å². The number of amides is 1. The van der Waals surface area contributed by atoms with Crippen LogP contribution in [0.3, 0.4) is 0 Å². The molecule has 19 heavy (non-hydrogen) atoms. The summed E-state index contributed by atoms with van der Waals surface area (Å²) in [6.45, 7) is 0.797. The summed E-state index contributed by atoms with van der Waals surface area (Å²) in [5, 5.41) is 0.127. The van der Waals surface area contributed by atoms with E-state index in [2.05, 4.69) is 17.1 Å². The molecule has 0 N–H and O–H groups in total. The molecule has 0 bridgehead atoms. The van der Waals surface area contributed by atoms with E-state index in [9.17, 15) is 4.79 Å². The first kappa shape index (κ1) is 12.2. The van der Waals surface area contributed by atoms with E-state index in [4.69, 9.17) is 0 Å². The second-order valence-corrected chi connectivity index (χ2v) is 5.56. The van der Waals surface area contributed by atoms with Gasteiger partial charge in [0.15, 0.2) is 0 Å². The van der Waals surface area contributed by atoms with Crippen molar-refractivity contribution in [2.45, 2.75) is 5.37 Å². The number of hydrogen-bond donors (Lipinski definition) is 0. The average Bonchev–Trinajstić information content (AvgIpc) is 2.98. The largest absolute Gasteiger partial charge is 0.322 e. The molecule has 1 aliphatic rings. The molecule has 1 unspecified atom stereocenters. The molecule has 0 saturated carbocycles. The Hall–Kier alpha value is -1.81. The lowest BCUT2D eigenvalue weighted by Crippen LogP contribution is -2.30. The summed E-state index contributed by atoms with van der Waals surface area (Å²) in [5.74, 6) is 1.07. The maximum Gasteiger partial charge on any atom is 0.255 e. The molecule has 1 atom stereocenters. The number of benzene rings is 1. The third kappa shape index (κ3) is 2.49. The summed E-state index contributed by atoms with van der Waals surface area (Å²) < 4.78 is 0. The molecule has 96 valence electrons. The van der Waals surface area contributed by atoms with E-state index in [0.29, 0.717) is 5.56 Å². The van der Waals surface area contributed by atoms with E-state index < -0.39 is 0 Å². The molecule has 1 amide bonds. The SMILES string of the molecule is O=C(c1ccncc1)N1CCSC1c1ccccc1. The maximum absolute atomic E-state index is 12.5. The molecule has 4 heteroatoms. The number of aromatic nitrogens is 1. The summed E-state index contributed by atoms with van der Waals surface area (Å²) in [4.78, 5) is 18.4. The van der Waals surface area contributed by atoms with Crippen molar-refractivity contribution < 1.29 is 4.79 Å². The van der Waals surface area contributed by atoms with E-state index in [1.165, 1.54) is 5.56 Å². The molecule has 2 aromatic rings. The summed E-state index contributed by atoms with van der Waals surface area (Å²) in [7, 11) is 0. The Kier molecular flexibility index (Phi) is 3.51. The third-order valence-corrected chi connectivity index (χ3v) is 4.42. The van der Waals surface area contributed by atoms with Gasteiger partial charge in [0, 0.05) is 30.3 Å². The van der Waals surface area contributed by atoms with Crippen LogP contribution in [0.2, 0.25) is 0 Å². The quantitative estimate of drug-likeness (QED) is 0.841. The van der Waals surface area contributed by atoms with Gasteiger partial charge in [0.2, 0.25) is 0 Å². The molecule has 1 fully saturated rings. The number of thioether (sulfide) groups is 1. The van der Waals surface area contributed by atoms with Gasteiger partial charge >= 0.3 is 0 Å². The predicted octanol–water partition coefficient (Wildman–Crippen LogP) is 2.97. The van der Waals surface area contributed by atoms with Gasteiger partial charge in [-0.25, -0.2) is 0 Å². The zero-order valence-corrected chi connectivity index (χ0v) is 11.2. The lowest BCUT2D eigenvalue weighted by molar-refractivity contribution is 0.0760. The second kappa shape index (κ2) is 5.45. The molecule has 3 rings (SSSR count). The molecule has 2 heterocycles. The zero-order valence-electron chi connectivity index (χ0n) is 10.4. The lowest BCUT2D eigenvalue weighted by Gasteiger charge is -2.24. The molecule has 1 aliphatic heterocycles. The fourth-order valence-electron chi connectivity index (χ4n) is 2.23. The Morgan fingerprint density at radius 1 is 1.16 bits per heavy atom. The Morgan fingerprint density at radius 3 is 2.63 bits per heavy atom. The highest BCUT2D eigenvalue weighted by molar-refractivity contribution is 7.99. The number of carbonyl (C=O) groups excluding carboxylic acids is 1. The van der Waals surface area contributed by atoms with Crippen molar-refractivity contribution in [2.75, 3.05) is 12.3 Å². The van der Waals surface area contributed by atoms with Gasteiger partial charge in [-0.05, 0) is 17.7 Å². The monoisotopic (exact) mass is 270 g/mol. The first-order valence-electron chi connectivity index (χ1n) is 6.24. The smallest absolute Gasteiger partial charge is 0.255 e. The fraction of sp³-hybridized carbons (Fsp3) is 0.200. The van der Waals surface area contributed by atoms with Crippen molar-refractivity contribution >= 4 is 17.7 Å². The summed E-state index contributed by atoms with van der Waals surface area (Å²) in [6, 6.07) is 13.7. The second-order valence-electron chi connectivity index (χ2n) is 4.37. The lowest BCUT2D eigenvalue weighted by atomic mass is 10.2. The summed E-state index contributed by atoms with van der Waals surface area (Å²) in [6.07, 6.45) is 3.32. The first-order chi connectivity index (χ1) is 9.36. The van der Waals surface area contributed by atoms with Crippen LogP contribution in [0.15, 0.2) is 54.9 Å². The molecular formula is C15H14N2OS. The maximum atomic E-state index is 12.5. The normalized spacial score (nSPS) is 18.5. The van der Waals surface area contributed by atoms with Crippen LogP contribution in [0.25, 0.3) is 0 Å². The first-order valence-corrected chi connectivity index (χ1v) is 7.29. The van der Waals surface area contributed by atoms with Crippen molar-refractivity contribution in [3.63, 3.8) is 0 Å². The van der Waals surface area contributed by atoms with Crippen LogP contribution < -0.4 is 0 Å². The molecule has 0 aliphatic carbocycles. The molecule has 3 nitrogen and oxygen atoms in total. The van der Waals surface area contributed by atoms with Crippen LogP contribution in [-0.4, -0.2) is 28.1 Å². The highest BCUT2D eigenvalue weighted by atomic mass is 32.2. The molecule has 1 aromatic carbocycles. The van der Waals surface area contributed by atoms with Gasteiger partial charge in [-0.3, -0.25) is 9.78 Å². The van der Waals surface area contributed by atoms with Gasteiger partial charge in [-0.15, -0.1) is 11.8 Å². The van der Waals surface area contributed by atoms with Crippen molar-refractivity contribution in [2.24, 2.45) is 0 Å². The highest BCUT2D eigenvalue weighted by Gasteiger charge is 2.30. The topological polar surface area (TPSA) is 33.2 Å². The Balaban J connectivity index is 1.86. The number of carbonyl (C=O) groups is 1. The van der Waals surface area contributed by atoms with Crippen LogP contribution in [-0.2, 0) is 0 Å². The number of rotatable bonds is 2. The summed E-state index contributed by atoms with van der Waals surface area (Å²) in [5.41, 5.74) is 1.89. The molecule has 1 saturated heterocycles. The Labute approximate surface area is 116 Å². The van der Waals surface area contributed by atoms with Crippen LogP contribution in [0.1, 0.15) is 21.3 Å². The van der Waals surface area contributed by atoms with E-state index >= 15 is 0 Å². The molecule has 0 radical (unpaired) electrons. The minimum Gasteiger partial charge on any atom is -0.322 e. The molecule has 1 aromatic heterocycles.